The van der Waals surface area contributed by atoms with E-state index in [1.54, 1.807) is 59.0 Å². The second-order valence-electron chi connectivity index (χ2n) is 4.62. The van der Waals surface area contributed by atoms with Crippen molar-refractivity contribution in [2.75, 3.05) is 0 Å². The Morgan fingerprint density at radius 3 is 1.57 bits per heavy atom. The minimum atomic E-state index is -1.11. The van der Waals surface area contributed by atoms with Gasteiger partial charge < -0.3 is 14.7 Å². The third kappa shape index (κ3) is 3.54. The van der Waals surface area contributed by atoms with Crippen molar-refractivity contribution in [2.45, 2.75) is 13.8 Å². The van der Waals surface area contributed by atoms with E-state index in [0.29, 0.717) is 18.5 Å². The maximum absolute atomic E-state index is 12.0. The summed E-state index contributed by atoms with van der Waals surface area (Å²) in [4.78, 5) is 53.5. The molecule has 0 bridgehead atoms. The van der Waals surface area contributed by atoms with Crippen LogP contribution in [0.2, 0.25) is 0 Å². The lowest BCUT2D eigenvalue weighted by Gasteiger charge is -2.05. The van der Waals surface area contributed by atoms with Crippen LogP contribution in [0, 0.1) is 21.0 Å². The Labute approximate surface area is 157 Å². The van der Waals surface area contributed by atoms with Gasteiger partial charge in [0.1, 0.15) is 11.1 Å². The summed E-state index contributed by atoms with van der Waals surface area (Å²) in [6.45, 7) is 3.36. The second-order valence-corrected chi connectivity index (χ2v) is 6.78. The average Bonchev–Trinajstić information content (AvgIpc) is 2.50. The molecule has 0 aliphatic rings. The van der Waals surface area contributed by atoms with Crippen molar-refractivity contribution >= 4 is 57.1 Å². The van der Waals surface area contributed by atoms with Crippen molar-refractivity contribution in [2.24, 2.45) is 0 Å². The summed E-state index contributed by atoms with van der Waals surface area (Å²) in [5.74, 6) is -2.21. The quantitative estimate of drug-likeness (QED) is 0.344. The molecule has 120 valence electrons. The van der Waals surface area contributed by atoms with Crippen LogP contribution in [0.3, 0.4) is 0 Å². The predicted molar refractivity (Wildman–Crippen MR) is 98.8 cm³/mol. The molecule has 0 saturated heterocycles. The summed E-state index contributed by atoms with van der Waals surface area (Å²) in [5, 5.41) is 0. The number of esters is 2. The third-order valence-electron chi connectivity index (χ3n) is 3.04. The normalized spacial score (nSPS) is 10.4. The molecular formula is C14H10I2N2O5. The zero-order chi connectivity index (χ0) is 17.3. The van der Waals surface area contributed by atoms with Gasteiger partial charge in [-0.05, 0) is 59.0 Å². The molecule has 0 spiro atoms. The molecule has 2 aromatic rings. The summed E-state index contributed by atoms with van der Waals surface area (Å²) < 4.78 is 5.30. The molecule has 2 N–H and O–H groups in total. The van der Waals surface area contributed by atoms with Crippen LogP contribution in [0.5, 0.6) is 0 Å². The molecule has 0 radical (unpaired) electrons. The minimum absolute atomic E-state index is 0.299. The number of hydrogen-bond donors (Lipinski definition) is 2. The topological polar surface area (TPSA) is 109 Å². The van der Waals surface area contributed by atoms with Crippen molar-refractivity contribution in [3.63, 3.8) is 0 Å². The first-order valence-corrected chi connectivity index (χ1v) is 8.41. The first-order valence-electron chi connectivity index (χ1n) is 6.26. The van der Waals surface area contributed by atoms with E-state index in [4.69, 9.17) is 0 Å². The molecular weight excluding hydrogens is 530 g/mol. The van der Waals surface area contributed by atoms with Crippen LogP contribution < -0.4 is 10.9 Å². The predicted octanol–water partition coefficient (Wildman–Crippen LogP) is 1.89. The van der Waals surface area contributed by atoms with Gasteiger partial charge in [-0.2, -0.15) is 0 Å². The second kappa shape index (κ2) is 6.95. The highest BCUT2D eigenvalue weighted by Gasteiger charge is 2.22. The summed E-state index contributed by atoms with van der Waals surface area (Å²) in [5.41, 5.74) is -0.469. The van der Waals surface area contributed by atoms with Gasteiger partial charge in [-0.3, -0.25) is 9.59 Å². The number of pyridine rings is 2. The van der Waals surface area contributed by atoms with Gasteiger partial charge in [0.25, 0.3) is 0 Å². The molecule has 7 nitrogen and oxygen atoms in total. The number of hydrogen-bond acceptors (Lipinski definition) is 5. The van der Waals surface area contributed by atoms with Crippen molar-refractivity contribution in [1.82, 2.24) is 9.97 Å². The molecule has 2 rings (SSSR count). The molecule has 0 aliphatic heterocycles. The Hall–Kier alpha value is -1.50. The maximum atomic E-state index is 12.0. The van der Waals surface area contributed by atoms with E-state index in [1.165, 1.54) is 12.4 Å². The Kier molecular flexibility index (Phi) is 5.39. The fourth-order valence-electron chi connectivity index (χ4n) is 1.69. The summed E-state index contributed by atoms with van der Waals surface area (Å²) >= 11 is 3.59. The Morgan fingerprint density at radius 1 is 0.870 bits per heavy atom. The highest BCUT2D eigenvalue weighted by molar-refractivity contribution is 14.1. The van der Waals surface area contributed by atoms with Gasteiger partial charge in [-0.1, -0.05) is 0 Å². The van der Waals surface area contributed by atoms with Gasteiger partial charge in [0, 0.05) is 23.8 Å². The number of ether oxygens (including phenoxy) is 1. The fourth-order valence-corrected chi connectivity index (χ4v) is 2.59. The van der Waals surface area contributed by atoms with Crippen molar-refractivity contribution in [3.05, 3.63) is 62.5 Å². The molecule has 0 unspecified atom stereocenters. The van der Waals surface area contributed by atoms with Gasteiger partial charge in [-0.25, -0.2) is 9.59 Å². The van der Waals surface area contributed by atoms with Gasteiger partial charge in [0.2, 0.25) is 10.9 Å². The zero-order valence-electron chi connectivity index (χ0n) is 12.0. The molecule has 2 heterocycles. The summed E-state index contributed by atoms with van der Waals surface area (Å²) in [6, 6.07) is 0. The van der Waals surface area contributed by atoms with E-state index in [9.17, 15) is 19.2 Å². The first-order chi connectivity index (χ1) is 10.7. The maximum Gasteiger partial charge on any atom is 0.351 e. The third-order valence-corrected chi connectivity index (χ3v) is 5.64. The number of aryl methyl sites for hydroxylation is 2. The SMILES string of the molecule is Cc1[nH]cc(C(=O)OC(=O)c2c[nH]c(C)c(I)c2=O)c(=O)c1I. The summed E-state index contributed by atoms with van der Waals surface area (Å²) in [6.07, 6.45) is 2.36. The van der Waals surface area contributed by atoms with E-state index in [1.807, 2.05) is 0 Å². The number of H-pyrrole nitrogens is 2. The number of nitrogens with one attached hydrogen (secondary N) is 2. The summed E-state index contributed by atoms with van der Waals surface area (Å²) in [7, 11) is 0. The number of carbonyl (C=O) groups excluding carboxylic acids is 2. The minimum Gasteiger partial charge on any atom is -0.385 e. The van der Waals surface area contributed by atoms with Crippen molar-refractivity contribution < 1.29 is 14.3 Å². The smallest absolute Gasteiger partial charge is 0.351 e. The van der Waals surface area contributed by atoms with E-state index >= 15 is 0 Å². The van der Waals surface area contributed by atoms with Crippen LogP contribution >= 0.6 is 45.2 Å². The largest absolute Gasteiger partial charge is 0.385 e. The van der Waals surface area contributed by atoms with Crippen molar-refractivity contribution in [3.8, 4) is 0 Å². The fraction of sp³-hybridized carbons (Fsp3) is 0.143. The van der Waals surface area contributed by atoms with Crippen LogP contribution in [-0.2, 0) is 4.74 Å². The van der Waals surface area contributed by atoms with E-state index < -0.39 is 22.8 Å². The lowest BCUT2D eigenvalue weighted by Crippen LogP contribution is -2.26. The molecule has 0 aromatic carbocycles. The number of carbonyl (C=O) groups is 2. The van der Waals surface area contributed by atoms with Crippen LogP contribution in [0.15, 0.2) is 22.0 Å². The van der Waals surface area contributed by atoms with E-state index in [2.05, 4.69) is 14.7 Å². The van der Waals surface area contributed by atoms with Gasteiger partial charge in [-0.15, -0.1) is 0 Å². The highest BCUT2D eigenvalue weighted by atomic mass is 127. The molecule has 9 heteroatoms. The molecule has 0 aliphatic carbocycles. The van der Waals surface area contributed by atoms with Crippen LogP contribution in [0.25, 0.3) is 0 Å². The van der Waals surface area contributed by atoms with Crippen LogP contribution in [0.1, 0.15) is 32.1 Å². The Bertz CT molecular complexity index is 854. The lowest BCUT2D eigenvalue weighted by atomic mass is 10.2. The lowest BCUT2D eigenvalue weighted by molar-refractivity contribution is 0.0395. The Balaban J connectivity index is 2.33. The molecule has 0 amide bonds. The first kappa shape index (κ1) is 17.8. The number of aromatic nitrogens is 2. The standard InChI is InChI=1S/C14H10I2N2O5/c1-5-9(15)11(19)7(3-17-5)13(21)23-14(22)8-4-18-6(2)10(16)12(8)20/h3-4H,1-2H3,(H,17,19)(H,18,20). The highest BCUT2D eigenvalue weighted by Crippen LogP contribution is 2.08. The van der Waals surface area contributed by atoms with E-state index in [0.717, 1.165) is 0 Å². The number of rotatable bonds is 2. The zero-order valence-corrected chi connectivity index (χ0v) is 16.3. The van der Waals surface area contributed by atoms with Crippen molar-refractivity contribution in [1.29, 1.82) is 0 Å². The van der Waals surface area contributed by atoms with Gasteiger partial charge >= 0.3 is 11.9 Å². The van der Waals surface area contributed by atoms with Gasteiger partial charge in [0.05, 0.1) is 7.14 Å². The molecule has 2 aromatic heterocycles. The number of aromatic amines is 2. The molecule has 0 fully saturated rings. The molecule has 0 saturated carbocycles. The monoisotopic (exact) mass is 540 g/mol. The molecule has 0 atom stereocenters. The number of halogens is 2. The van der Waals surface area contributed by atoms with Crippen LogP contribution in [0.4, 0.5) is 0 Å². The van der Waals surface area contributed by atoms with Gasteiger partial charge in [0.15, 0.2) is 0 Å². The van der Waals surface area contributed by atoms with Crippen LogP contribution in [-0.4, -0.2) is 21.9 Å². The van der Waals surface area contributed by atoms with E-state index in [-0.39, 0.29) is 11.1 Å². The Morgan fingerprint density at radius 2 is 1.22 bits per heavy atom. The molecule has 23 heavy (non-hydrogen) atoms. The average molecular weight is 540 g/mol.